The number of amides is 2. The molecular formula is C25H22F7N9O3. The fourth-order valence-electron chi connectivity index (χ4n) is 3.78. The molecule has 0 atom stereocenters. The lowest BCUT2D eigenvalue weighted by Gasteiger charge is -2.10. The van der Waals surface area contributed by atoms with Crippen LogP contribution in [0.2, 0.25) is 0 Å². The topological polar surface area (TPSA) is 142 Å². The van der Waals surface area contributed by atoms with Crippen LogP contribution in [-0.2, 0) is 37.0 Å². The van der Waals surface area contributed by atoms with Gasteiger partial charge in [-0.05, 0) is 43.2 Å². The second kappa shape index (κ2) is 13.5. The highest BCUT2D eigenvalue weighted by Gasteiger charge is 2.32. The van der Waals surface area contributed by atoms with Crippen molar-refractivity contribution < 1.29 is 45.1 Å². The van der Waals surface area contributed by atoms with Crippen molar-refractivity contribution in [2.75, 3.05) is 5.32 Å². The van der Waals surface area contributed by atoms with Gasteiger partial charge < -0.3 is 15.4 Å². The van der Waals surface area contributed by atoms with Crippen LogP contribution in [0, 0.1) is 5.82 Å². The average Bonchev–Trinajstić information content (AvgIpc) is 3.60. The van der Waals surface area contributed by atoms with Crippen LogP contribution in [0.1, 0.15) is 40.2 Å². The van der Waals surface area contributed by atoms with Crippen molar-refractivity contribution in [2.24, 2.45) is 0 Å². The number of alkyl halides is 6. The molecule has 0 fully saturated rings. The van der Waals surface area contributed by atoms with E-state index in [0.717, 1.165) is 36.5 Å². The van der Waals surface area contributed by atoms with Gasteiger partial charge in [-0.25, -0.2) is 4.39 Å². The van der Waals surface area contributed by atoms with Crippen molar-refractivity contribution in [3.05, 3.63) is 77.3 Å². The number of hydrogen-bond acceptors (Lipinski definition) is 8. The Morgan fingerprint density at radius 3 is 2.32 bits per heavy atom. The first-order valence-corrected chi connectivity index (χ1v) is 12.7. The third kappa shape index (κ3) is 9.46. The monoisotopic (exact) mass is 629 g/mol. The molecule has 0 bridgehead atoms. The van der Waals surface area contributed by atoms with Gasteiger partial charge in [0.15, 0.2) is 11.5 Å². The summed E-state index contributed by atoms with van der Waals surface area (Å²) in [6.45, 7) is 0.508. The molecule has 4 rings (SSSR count). The lowest BCUT2D eigenvalue weighted by Crippen LogP contribution is -2.24. The van der Waals surface area contributed by atoms with Crippen molar-refractivity contribution in [1.82, 2.24) is 40.3 Å². The Bertz CT molecular complexity index is 1600. The fourth-order valence-corrected chi connectivity index (χ4v) is 3.78. The van der Waals surface area contributed by atoms with Gasteiger partial charge in [0.1, 0.15) is 11.6 Å². The van der Waals surface area contributed by atoms with Gasteiger partial charge in [0, 0.05) is 24.8 Å². The molecule has 0 aliphatic heterocycles. The lowest BCUT2D eigenvalue weighted by atomic mass is 10.1. The van der Waals surface area contributed by atoms with E-state index in [1.165, 1.54) is 21.8 Å². The van der Waals surface area contributed by atoms with E-state index in [1.54, 1.807) is 0 Å². The minimum absolute atomic E-state index is 0.0232. The highest BCUT2D eigenvalue weighted by molar-refractivity contribution is 5.92. The summed E-state index contributed by atoms with van der Waals surface area (Å²) in [5, 5.41) is 20.1. The summed E-state index contributed by atoms with van der Waals surface area (Å²) in [6.07, 6.45) is -5.15. The van der Waals surface area contributed by atoms with Crippen molar-refractivity contribution in [1.29, 1.82) is 0 Å². The largest absolute Gasteiger partial charge is 0.573 e. The molecule has 234 valence electrons. The van der Waals surface area contributed by atoms with E-state index in [4.69, 9.17) is 0 Å². The maximum atomic E-state index is 14.0. The van der Waals surface area contributed by atoms with Gasteiger partial charge in [-0.3, -0.25) is 23.9 Å². The van der Waals surface area contributed by atoms with Gasteiger partial charge in [-0.2, -0.15) is 13.2 Å². The summed E-state index contributed by atoms with van der Waals surface area (Å²) < 4.78 is 96.3. The number of aryl methyl sites for hydroxylation is 2. The first-order valence-electron chi connectivity index (χ1n) is 12.7. The molecule has 0 aliphatic rings. The molecule has 0 radical (unpaired) electrons. The molecule has 12 nitrogen and oxygen atoms in total. The molecule has 2 amide bonds. The first-order chi connectivity index (χ1) is 20.7. The molecular weight excluding hydrogens is 607 g/mol. The van der Waals surface area contributed by atoms with E-state index < -0.39 is 47.9 Å². The van der Waals surface area contributed by atoms with Gasteiger partial charge in [0.25, 0.3) is 5.91 Å². The van der Waals surface area contributed by atoms with Gasteiger partial charge in [0.05, 0.1) is 36.6 Å². The van der Waals surface area contributed by atoms with E-state index in [9.17, 15) is 40.3 Å². The Morgan fingerprint density at radius 2 is 1.61 bits per heavy atom. The van der Waals surface area contributed by atoms with Crippen LogP contribution in [0.5, 0.6) is 5.75 Å². The molecule has 44 heavy (non-hydrogen) atoms. The predicted molar refractivity (Wildman–Crippen MR) is 135 cm³/mol. The third-order valence-electron chi connectivity index (χ3n) is 5.78. The number of benzene rings is 1. The highest BCUT2D eigenvalue weighted by atomic mass is 19.4. The number of ether oxygens (including phenoxy) is 1. The van der Waals surface area contributed by atoms with Crippen LogP contribution < -0.4 is 15.4 Å². The SMILES string of the molecule is O=C(Cc1cc(OC(F)(F)F)ccc1F)Nc1cn(CCCCn2cc(C(=O)NCc3cc(C(F)(F)F)ccn3)nn2)nn1. The van der Waals surface area contributed by atoms with Crippen LogP contribution in [-0.4, -0.2) is 53.1 Å². The average molecular weight is 629 g/mol. The van der Waals surface area contributed by atoms with Crippen molar-refractivity contribution in [2.45, 2.75) is 51.4 Å². The third-order valence-corrected chi connectivity index (χ3v) is 5.78. The van der Waals surface area contributed by atoms with Crippen LogP contribution in [0.15, 0.2) is 48.9 Å². The van der Waals surface area contributed by atoms with Gasteiger partial charge in [0.2, 0.25) is 5.91 Å². The number of nitrogens with one attached hydrogen (secondary N) is 2. The standard InChI is InChI=1S/C25H22F7N9O3/c26-19-4-3-18(44-25(30,31)32)9-15(19)10-22(42)35-21-14-41(39-37-21)8-2-1-7-40-13-20(36-38-40)23(43)34-12-17-11-16(5-6-33-17)24(27,28)29/h3-6,9,11,13-14H,1-2,7-8,10,12H2,(H,34,43)(H,35,42). The van der Waals surface area contributed by atoms with Gasteiger partial charge >= 0.3 is 12.5 Å². The molecule has 0 spiro atoms. The molecule has 3 heterocycles. The highest BCUT2D eigenvalue weighted by Crippen LogP contribution is 2.29. The Morgan fingerprint density at radius 1 is 0.909 bits per heavy atom. The van der Waals surface area contributed by atoms with Crippen LogP contribution in [0.4, 0.5) is 36.6 Å². The molecule has 2 N–H and O–H groups in total. The molecule has 19 heteroatoms. The quantitative estimate of drug-likeness (QED) is 0.178. The van der Waals surface area contributed by atoms with Crippen molar-refractivity contribution in [3.63, 3.8) is 0 Å². The number of carbonyl (C=O) groups is 2. The zero-order valence-corrected chi connectivity index (χ0v) is 22.4. The summed E-state index contributed by atoms with van der Waals surface area (Å²) in [5.74, 6) is -2.88. The number of unbranched alkanes of at least 4 members (excludes halogenated alkanes) is 1. The normalized spacial score (nSPS) is 11.8. The second-order valence-electron chi connectivity index (χ2n) is 9.18. The molecule has 0 saturated heterocycles. The van der Waals surface area contributed by atoms with Gasteiger partial charge in [-0.15, -0.1) is 23.4 Å². The van der Waals surface area contributed by atoms with Crippen molar-refractivity contribution in [3.8, 4) is 5.75 Å². The Hall–Kier alpha value is -5.10. The van der Waals surface area contributed by atoms with Gasteiger partial charge in [-0.1, -0.05) is 10.4 Å². The number of halogens is 7. The number of carbonyl (C=O) groups excluding carboxylic acids is 2. The number of aromatic nitrogens is 7. The number of anilines is 1. The summed E-state index contributed by atoms with van der Waals surface area (Å²) in [5.41, 5.74) is -1.20. The summed E-state index contributed by atoms with van der Waals surface area (Å²) in [7, 11) is 0. The van der Waals surface area contributed by atoms with Crippen LogP contribution in [0.3, 0.4) is 0 Å². The lowest BCUT2D eigenvalue weighted by molar-refractivity contribution is -0.274. The van der Waals surface area contributed by atoms with Crippen molar-refractivity contribution >= 4 is 17.6 Å². The number of rotatable bonds is 12. The smallest absolute Gasteiger partial charge is 0.406 e. The minimum atomic E-state index is -4.97. The number of hydrogen-bond donors (Lipinski definition) is 2. The zero-order valence-electron chi connectivity index (χ0n) is 22.4. The summed E-state index contributed by atoms with van der Waals surface area (Å²) >= 11 is 0. The fraction of sp³-hybridized carbons (Fsp3) is 0.320. The molecule has 4 aromatic rings. The molecule has 1 aromatic carbocycles. The molecule has 3 aromatic heterocycles. The second-order valence-corrected chi connectivity index (χ2v) is 9.18. The van der Waals surface area contributed by atoms with E-state index in [0.29, 0.717) is 25.9 Å². The predicted octanol–water partition coefficient (Wildman–Crippen LogP) is 3.91. The molecule has 0 saturated carbocycles. The molecule has 0 unspecified atom stereocenters. The Kier molecular flexibility index (Phi) is 9.74. The Labute approximate surface area is 243 Å². The maximum absolute atomic E-state index is 14.0. The summed E-state index contributed by atoms with van der Waals surface area (Å²) in [6, 6.07) is 4.00. The summed E-state index contributed by atoms with van der Waals surface area (Å²) in [4.78, 5) is 28.4. The van der Waals surface area contributed by atoms with E-state index in [1.807, 2.05) is 0 Å². The van der Waals surface area contributed by atoms with E-state index in [-0.39, 0.29) is 29.3 Å². The minimum Gasteiger partial charge on any atom is -0.406 e. The number of nitrogens with zero attached hydrogens (tertiary/aromatic N) is 7. The van der Waals surface area contributed by atoms with E-state index in [2.05, 4.69) is 41.0 Å². The zero-order chi connectivity index (χ0) is 31.9. The maximum Gasteiger partial charge on any atom is 0.573 e. The molecule has 0 aliphatic carbocycles. The number of pyridine rings is 1. The van der Waals surface area contributed by atoms with Crippen LogP contribution >= 0.6 is 0 Å². The first kappa shape index (κ1) is 31.8. The van der Waals surface area contributed by atoms with Crippen LogP contribution in [0.25, 0.3) is 0 Å². The Balaban J connectivity index is 1.18. The van der Waals surface area contributed by atoms with E-state index >= 15 is 0 Å².